The number of amides is 1. The fourth-order valence-corrected chi connectivity index (χ4v) is 2.54. The van der Waals surface area contributed by atoms with Gasteiger partial charge in [-0.15, -0.1) is 0 Å². The normalized spacial score (nSPS) is 10.7. The van der Waals surface area contributed by atoms with Gasteiger partial charge in [-0.1, -0.05) is 56.3 Å². The fraction of sp³-hybridized carbons (Fsp3) is 0.381. The van der Waals surface area contributed by atoms with E-state index in [1.165, 1.54) is 5.56 Å². The molecule has 0 heterocycles. The Morgan fingerprint density at radius 1 is 0.960 bits per heavy atom. The molecule has 0 saturated heterocycles. The highest BCUT2D eigenvalue weighted by Crippen LogP contribution is 2.09. The molecule has 2 rings (SSSR count). The van der Waals surface area contributed by atoms with Crippen molar-refractivity contribution in [1.82, 2.24) is 10.2 Å². The van der Waals surface area contributed by atoms with Crippen LogP contribution in [0.3, 0.4) is 0 Å². The highest BCUT2D eigenvalue weighted by atomic mass is 16.5. The van der Waals surface area contributed by atoms with Gasteiger partial charge in [0.2, 0.25) is 5.91 Å². The third-order valence-electron chi connectivity index (χ3n) is 4.15. The smallest absolute Gasteiger partial charge is 0.223 e. The predicted octanol–water partition coefficient (Wildman–Crippen LogP) is 3.61. The Kier molecular flexibility index (Phi) is 7.99. The minimum Gasteiger partial charge on any atom is -0.493 e. The number of hydrogen-bond donors (Lipinski definition) is 1. The summed E-state index contributed by atoms with van der Waals surface area (Å²) >= 11 is 0. The van der Waals surface area contributed by atoms with E-state index in [1.807, 2.05) is 30.3 Å². The number of nitrogens with one attached hydrogen (secondary N) is 1. The van der Waals surface area contributed by atoms with Gasteiger partial charge in [0.05, 0.1) is 13.0 Å². The first-order chi connectivity index (χ1) is 12.2. The molecule has 0 radical (unpaired) electrons. The molecule has 1 N–H and O–H groups in total. The summed E-state index contributed by atoms with van der Waals surface area (Å²) in [4.78, 5) is 14.3. The standard InChI is InChI=1S/C21H28N2O2/c1-3-23(4-2)17-19-12-10-18(11-13-19)16-22-21(24)14-15-25-20-8-6-5-7-9-20/h5-13H,3-4,14-17H2,1-2H3,(H,22,24). The zero-order valence-electron chi connectivity index (χ0n) is 15.2. The van der Waals surface area contributed by atoms with E-state index in [9.17, 15) is 4.79 Å². The van der Waals surface area contributed by atoms with Gasteiger partial charge in [-0.05, 0) is 36.3 Å². The molecule has 0 aliphatic heterocycles. The van der Waals surface area contributed by atoms with Crippen LogP contribution in [0.5, 0.6) is 5.75 Å². The van der Waals surface area contributed by atoms with E-state index in [1.54, 1.807) is 0 Å². The van der Waals surface area contributed by atoms with Crippen LogP contribution in [0.1, 0.15) is 31.4 Å². The summed E-state index contributed by atoms with van der Waals surface area (Å²) in [6, 6.07) is 18.0. The number of nitrogens with zero attached hydrogens (tertiary/aromatic N) is 1. The lowest BCUT2D eigenvalue weighted by Gasteiger charge is -2.18. The monoisotopic (exact) mass is 340 g/mol. The molecule has 0 aliphatic rings. The quantitative estimate of drug-likeness (QED) is 0.718. The summed E-state index contributed by atoms with van der Waals surface area (Å²) in [7, 11) is 0. The first kappa shape index (κ1) is 19.0. The van der Waals surface area contributed by atoms with Gasteiger partial charge in [-0.25, -0.2) is 0 Å². The SMILES string of the molecule is CCN(CC)Cc1ccc(CNC(=O)CCOc2ccccc2)cc1. The largest absolute Gasteiger partial charge is 0.493 e. The third kappa shape index (κ3) is 6.98. The summed E-state index contributed by atoms with van der Waals surface area (Å²) in [5.41, 5.74) is 2.41. The second kappa shape index (κ2) is 10.5. The van der Waals surface area contributed by atoms with Crippen molar-refractivity contribution < 1.29 is 9.53 Å². The zero-order chi connectivity index (χ0) is 17.9. The van der Waals surface area contributed by atoms with E-state index < -0.39 is 0 Å². The van der Waals surface area contributed by atoms with Gasteiger partial charge < -0.3 is 10.1 Å². The fourth-order valence-electron chi connectivity index (χ4n) is 2.54. The highest BCUT2D eigenvalue weighted by molar-refractivity contribution is 5.75. The van der Waals surface area contributed by atoms with Crippen LogP contribution >= 0.6 is 0 Å². The van der Waals surface area contributed by atoms with Crippen LogP contribution in [0.2, 0.25) is 0 Å². The van der Waals surface area contributed by atoms with Gasteiger partial charge in [0.15, 0.2) is 0 Å². The van der Waals surface area contributed by atoms with Crippen LogP contribution in [-0.4, -0.2) is 30.5 Å². The molecule has 1 amide bonds. The van der Waals surface area contributed by atoms with E-state index in [2.05, 4.69) is 48.3 Å². The molecule has 0 unspecified atom stereocenters. The van der Waals surface area contributed by atoms with Crippen molar-refractivity contribution in [3.63, 3.8) is 0 Å². The Morgan fingerprint density at radius 3 is 2.24 bits per heavy atom. The topological polar surface area (TPSA) is 41.6 Å². The lowest BCUT2D eigenvalue weighted by molar-refractivity contribution is -0.121. The minimum atomic E-state index is 0.00292. The molecule has 4 heteroatoms. The summed E-state index contributed by atoms with van der Waals surface area (Å²) < 4.78 is 5.54. The zero-order valence-corrected chi connectivity index (χ0v) is 15.2. The van der Waals surface area contributed by atoms with E-state index >= 15 is 0 Å². The molecule has 134 valence electrons. The van der Waals surface area contributed by atoms with E-state index in [4.69, 9.17) is 4.74 Å². The molecule has 0 bridgehead atoms. The molecule has 0 saturated carbocycles. The molecule has 0 spiro atoms. The second-order valence-electron chi connectivity index (χ2n) is 5.97. The molecular weight excluding hydrogens is 312 g/mol. The number of carbonyl (C=O) groups excluding carboxylic acids is 1. The lowest BCUT2D eigenvalue weighted by atomic mass is 10.1. The maximum Gasteiger partial charge on any atom is 0.223 e. The van der Waals surface area contributed by atoms with Crippen molar-refractivity contribution in [2.45, 2.75) is 33.4 Å². The van der Waals surface area contributed by atoms with E-state index in [-0.39, 0.29) is 5.91 Å². The molecular formula is C21H28N2O2. The van der Waals surface area contributed by atoms with Crippen molar-refractivity contribution in [3.8, 4) is 5.75 Å². The molecule has 0 atom stereocenters. The third-order valence-corrected chi connectivity index (χ3v) is 4.15. The number of benzene rings is 2. The molecule has 2 aromatic rings. The predicted molar refractivity (Wildman–Crippen MR) is 101 cm³/mol. The van der Waals surface area contributed by atoms with Gasteiger partial charge in [0.25, 0.3) is 0 Å². The Bertz CT molecular complexity index is 622. The van der Waals surface area contributed by atoms with Gasteiger partial charge in [-0.3, -0.25) is 9.69 Å². The summed E-state index contributed by atoms with van der Waals surface area (Å²) in [5.74, 6) is 0.794. The molecule has 0 aliphatic carbocycles. The van der Waals surface area contributed by atoms with Crippen molar-refractivity contribution in [2.75, 3.05) is 19.7 Å². The van der Waals surface area contributed by atoms with Crippen LogP contribution in [0.15, 0.2) is 54.6 Å². The van der Waals surface area contributed by atoms with Crippen LogP contribution in [-0.2, 0) is 17.9 Å². The van der Waals surface area contributed by atoms with Gasteiger partial charge in [-0.2, -0.15) is 0 Å². The molecule has 4 nitrogen and oxygen atoms in total. The Hall–Kier alpha value is -2.33. The average Bonchev–Trinajstić information content (AvgIpc) is 2.66. The Balaban J connectivity index is 1.69. The summed E-state index contributed by atoms with van der Waals surface area (Å²) in [5, 5.41) is 2.94. The molecule has 25 heavy (non-hydrogen) atoms. The summed E-state index contributed by atoms with van der Waals surface area (Å²) in [6.07, 6.45) is 0.356. The molecule has 2 aromatic carbocycles. The van der Waals surface area contributed by atoms with Gasteiger partial charge in [0, 0.05) is 13.1 Å². The molecule has 0 aromatic heterocycles. The van der Waals surface area contributed by atoms with Gasteiger partial charge >= 0.3 is 0 Å². The Morgan fingerprint density at radius 2 is 1.60 bits per heavy atom. The number of carbonyl (C=O) groups is 1. The number of para-hydroxylation sites is 1. The molecule has 0 fully saturated rings. The maximum absolute atomic E-state index is 11.9. The van der Waals surface area contributed by atoms with Crippen molar-refractivity contribution in [2.24, 2.45) is 0 Å². The van der Waals surface area contributed by atoms with Crippen LogP contribution in [0.25, 0.3) is 0 Å². The first-order valence-electron chi connectivity index (χ1n) is 8.96. The van der Waals surface area contributed by atoms with Gasteiger partial charge in [0.1, 0.15) is 5.75 Å². The van der Waals surface area contributed by atoms with Crippen LogP contribution < -0.4 is 10.1 Å². The summed E-state index contributed by atoms with van der Waals surface area (Å²) in [6.45, 7) is 8.37. The second-order valence-corrected chi connectivity index (χ2v) is 5.97. The van der Waals surface area contributed by atoms with E-state index in [0.29, 0.717) is 19.6 Å². The van der Waals surface area contributed by atoms with E-state index in [0.717, 1.165) is 30.9 Å². The average molecular weight is 340 g/mol. The maximum atomic E-state index is 11.9. The van der Waals surface area contributed by atoms with Crippen molar-refractivity contribution in [3.05, 3.63) is 65.7 Å². The minimum absolute atomic E-state index is 0.00292. The van der Waals surface area contributed by atoms with Crippen molar-refractivity contribution >= 4 is 5.91 Å². The number of ether oxygens (including phenoxy) is 1. The van der Waals surface area contributed by atoms with Crippen LogP contribution in [0.4, 0.5) is 0 Å². The Labute approximate surface area is 150 Å². The number of hydrogen-bond acceptors (Lipinski definition) is 3. The van der Waals surface area contributed by atoms with Crippen molar-refractivity contribution in [1.29, 1.82) is 0 Å². The number of rotatable bonds is 10. The lowest BCUT2D eigenvalue weighted by Crippen LogP contribution is -2.24. The highest BCUT2D eigenvalue weighted by Gasteiger charge is 2.04. The first-order valence-corrected chi connectivity index (χ1v) is 8.96. The van der Waals surface area contributed by atoms with Crippen LogP contribution in [0, 0.1) is 0 Å².